The van der Waals surface area contributed by atoms with Crippen LogP contribution in [0.4, 0.5) is 4.39 Å². The summed E-state index contributed by atoms with van der Waals surface area (Å²) in [6.45, 7) is 0. The number of unbranched alkanes of at least 4 members (excludes halogenated alkanes) is 1. The third-order valence-electron chi connectivity index (χ3n) is 5.65. The Bertz CT molecular complexity index is 744. The van der Waals surface area contributed by atoms with Crippen molar-refractivity contribution in [2.75, 3.05) is 0 Å². The topological polar surface area (TPSA) is 23.8 Å². The molecule has 0 saturated heterocycles. The monoisotopic (exact) mass is 347 g/mol. The van der Waals surface area contributed by atoms with Gasteiger partial charge in [0, 0.05) is 0 Å². The predicted octanol–water partition coefficient (Wildman–Crippen LogP) is 7.15. The van der Waals surface area contributed by atoms with E-state index < -0.39 is 0 Å². The van der Waals surface area contributed by atoms with Crippen LogP contribution in [0.2, 0.25) is 0 Å². The number of rotatable bonds is 6. The van der Waals surface area contributed by atoms with E-state index in [1.54, 1.807) is 6.08 Å². The molecule has 3 rings (SSSR count). The van der Waals surface area contributed by atoms with Gasteiger partial charge in [-0.1, -0.05) is 48.9 Å². The Morgan fingerprint density at radius 2 is 1.54 bits per heavy atom. The molecular weight excluding hydrogens is 321 g/mol. The molecule has 0 atom stereocenters. The molecule has 0 heterocycles. The van der Waals surface area contributed by atoms with Crippen LogP contribution in [0.25, 0.3) is 11.1 Å². The zero-order chi connectivity index (χ0) is 18.2. The van der Waals surface area contributed by atoms with E-state index in [1.165, 1.54) is 43.2 Å². The van der Waals surface area contributed by atoms with Gasteiger partial charge in [-0.2, -0.15) is 5.26 Å². The van der Waals surface area contributed by atoms with Crippen molar-refractivity contribution in [3.05, 3.63) is 72.1 Å². The summed E-state index contributed by atoms with van der Waals surface area (Å²) in [6, 6.07) is 18.9. The van der Waals surface area contributed by atoms with Crippen LogP contribution in [0.1, 0.15) is 62.0 Å². The third kappa shape index (κ3) is 4.82. The number of hydrogen-bond donors (Lipinski definition) is 0. The van der Waals surface area contributed by atoms with E-state index in [1.807, 2.05) is 24.3 Å². The smallest absolute Gasteiger partial charge is 0.0991 e. The van der Waals surface area contributed by atoms with Crippen LogP contribution in [-0.2, 0) is 0 Å². The van der Waals surface area contributed by atoms with Crippen LogP contribution in [-0.4, -0.2) is 0 Å². The molecule has 2 heteroatoms. The standard InChI is InChI=1S/C24H26FN/c25-17-3-1-2-4-19-5-9-21(10-6-19)23-13-15-24(16-14-23)22-11-7-20(18-26)8-12-22/h3,7-8,11-17,19,21H,1-2,4-6,9-10H2. The Kier molecular flexibility index (Phi) is 6.61. The lowest BCUT2D eigenvalue weighted by atomic mass is 9.77. The van der Waals surface area contributed by atoms with Crippen LogP contribution in [0, 0.1) is 17.2 Å². The van der Waals surface area contributed by atoms with Crippen molar-refractivity contribution >= 4 is 0 Å². The van der Waals surface area contributed by atoms with Crippen molar-refractivity contribution in [3.63, 3.8) is 0 Å². The van der Waals surface area contributed by atoms with E-state index >= 15 is 0 Å². The minimum Gasteiger partial charge on any atom is -0.216 e. The van der Waals surface area contributed by atoms with Crippen molar-refractivity contribution in [1.82, 2.24) is 0 Å². The largest absolute Gasteiger partial charge is 0.216 e. The second kappa shape index (κ2) is 9.34. The molecule has 0 aliphatic heterocycles. The summed E-state index contributed by atoms with van der Waals surface area (Å²) in [7, 11) is 0. The first-order valence-electron chi connectivity index (χ1n) is 9.66. The number of halogens is 1. The van der Waals surface area contributed by atoms with Crippen LogP contribution < -0.4 is 0 Å². The van der Waals surface area contributed by atoms with Crippen molar-refractivity contribution in [1.29, 1.82) is 5.26 Å². The van der Waals surface area contributed by atoms with Gasteiger partial charge in [0.15, 0.2) is 0 Å². The molecule has 0 amide bonds. The van der Waals surface area contributed by atoms with Crippen LogP contribution in [0.5, 0.6) is 0 Å². The molecule has 1 nitrogen and oxygen atoms in total. The maximum Gasteiger partial charge on any atom is 0.0991 e. The van der Waals surface area contributed by atoms with Gasteiger partial charge in [0.05, 0.1) is 18.0 Å². The number of nitriles is 1. The molecule has 0 N–H and O–H groups in total. The Morgan fingerprint density at radius 3 is 2.12 bits per heavy atom. The Hall–Kier alpha value is -2.40. The lowest BCUT2D eigenvalue weighted by molar-refractivity contribution is 0.305. The van der Waals surface area contributed by atoms with E-state index in [0.717, 1.165) is 24.3 Å². The summed E-state index contributed by atoms with van der Waals surface area (Å²) in [4.78, 5) is 0. The number of nitrogens with zero attached hydrogens (tertiary/aromatic N) is 1. The van der Waals surface area contributed by atoms with E-state index in [-0.39, 0.29) is 0 Å². The summed E-state index contributed by atoms with van der Waals surface area (Å²) in [6.07, 6.45) is 10.6. The van der Waals surface area contributed by atoms with Gasteiger partial charge in [0.1, 0.15) is 0 Å². The Balaban J connectivity index is 1.53. The van der Waals surface area contributed by atoms with Gasteiger partial charge in [0.25, 0.3) is 0 Å². The minimum absolute atomic E-state index is 0.665. The fraction of sp³-hybridized carbons (Fsp3) is 0.375. The molecule has 2 aromatic rings. The van der Waals surface area contributed by atoms with Gasteiger partial charge in [-0.05, 0) is 79.2 Å². The molecule has 0 aromatic heterocycles. The predicted molar refractivity (Wildman–Crippen MR) is 105 cm³/mol. The summed E-state index contributed by atoms with van der Waals surface area (Å²) >= 11 is 0. The van der Waals surface area contributed by atoms with Crippen LogP contribution in [0.15, 0.2) is 60.9 Å². The van der Waals surface area contributed by atoms with Crippen molar-refractivity contribution in [2.45, 2.75) is 50.9 Å². The zero-order valence-electron chi connectivity index (χ0n) is 15.2. The van der Waals surface area contributed by atoms with Crippen molar-refractivity contribution in [2.24, 2.45) is 5.92 Å². The first kappa shape index (κ1) is 18.4. The van der Waals surface area contributed by atoms with E-state index in [0.29, 0.717) is 17.8 Å². The molecule has 0 unspecified atom stereocenters. The van der Waals surface area contributed by atoms with E-state index in [2.05, 4.69) is 30.3 Å². The molecule has 2 aromatic carbocycles. The highest BCUT2D eigenvalue weighted by Gasteiger charge is 2.21. The van der Waals surface area contributed by atoms with Crippen molar-refractivity contribution < 1.29 is 4.39 Å². The van der Waals surface area contributed by atoms with E-state index in [4.69, 9.17) is 5.26 Å². The zero-order valence-corrected chi connectivity index (χ0v) is 15.2. The maximum atomic E-state index is 12.0. The summed E-state index contributed by atoms with van der Waals surface area (Å²) < 4.78 is 12.0. The summed E-state index contributed by atoms with van der Waals surface area (Å²) in [5.74, 6) is 1.49. The maximum absolute atomic E-state index is 12.0. The summed E-state index contributed by atoms with van der Waals surface area (Å²) in [5, 5.41) is 8.90. The average molecular weight is 347 g/mol. The van der Waals surface area contributed by atoms with Gasteiger partial charge >= 0.3 is 0 Å². The molecule has 0 bridgehead atoms. The van der Waals surface area contributed by atoms with Gasteiger partial charge in [-0.25, -0.2) is 4.39 Å². The lowest BCUT2D eigenvalue weighted by Gasteiger charge is -2.29. The SMILES string of the molecule is N#Cc1ccc(-c2ccc(C3CCC(CCCC=CF)CC3)cc2)cc1. The average Bonchev–Trinajstić information content (AvgIpc) is 2.72. The highest BCUT2D eigenvalue weighted by atomic mass is 19.1. The normalized spacial score (nSPS) is 20.2. The van der Waals surface area contributed by atoms with Crippen molar-refractivity contribution in [3.8, 4) is 17.2 Å². The lowest BCUT2D eigenvalue weighted by Crippen LogP contribution is -2.13. The number of hydrogen-bond acceptors (Lipinski definition) is 1. The van der Waals surface area contributed by atoms with Crippen LogP contribution >= 0.6 is 0 Å². The van der Waals surface area contributed by atoms with Gasteiger partial charge < -0.3 is 0 Å². The quantitative estimate of drug-likeness (QED) is 0.509. The molecule has 1 aliphatic carbocycles. The Morgan fingerprint density at radius 1 is 0.923 bits per heavy atom. The first-order chi connectivity index (χ1) is 12.8. The molecule has 1 aliphatic rings. The fourth-order valence-electron chi connectivity index (χ4n) is 4.06. The minimum atomic E-state index is 0.665. The van der Waals surface area contributed by atoms with E-state index in [9.17, 15) is 4.39 Å². The second-order valence-electron chi connectivity index (χ2n) is 7.32. The molecule has 0 radical (unpaired) electrons. The highest BCUT2D eigenvalue weighted by molar-refractivity contribution is 5.64. The molecule has 0 spiro atoms. The molecule has 134 valence electrons. The van der Waals surface area contributed by atoms with Crippen LogP contribution in [0.3, 0.4) is 0 Å². The highest BCUT2D eigenvalue weighted by Crippen LogP contribution is 2.38. The molecular formula is C24H26FN. The van der Waals surface area contributed by atoms with Gasteiger partial charge in [-0.15, -0.1) is 0 Å². The number of benzene rings is 2. The summed E-state index contributed by atoms with van der Waals surface area (Å²) in [5.41, 5.74) is 4.50. The first-order valence-corrected chi connectivity index (χ1v) is 9.66. The third-order valence-corrected chi connectivity index (χ3v) is 5.65. The van der Waals surface area contributed by atoms with Gasteiger partial charge in [0.2, 0.25) is 0 Å². The second-order valence-corrected chi connectivity index (χ2v) is 7.32. The molecule has 26 heavy (non-hydrogen) atoms. The Labute approximate surface area is 156 Å². The number of allylic oxidation sites excluding steroid dienone is 1. The van der Waals surface area contributed by atoms with Gasteiger partial charge in [-0.3, -0.25) is 0 Å². The molecule has 1 saturated carbocycles. The fourth-order valence-corrected chi connectivity index (χ4v) is 4.06. The molecule has 1 fully saturated rings.